The lowest BCUT2D eigenvalue weighted by Crippen LogP contribution is -2.26. The Kier molecular flexibility index (Phi) is 29.8. The molecule has 4 atom stereocenters. The highest BCUT2D eigenvalue weighted by Gasteiger charge is 2.23. The van der Waals surface area contributed by atoms with Gasteiger partial charge >= 0.3 is 23.9 Å². The molecular formula is C81H76N4O20. The minimum absolute atomic E-state index is 0.0750. The molecule has 0 fully saturated rings. The number of hydrogen-bond acceptors (Lipinski definition) is 20. The maximum Gasteiger partial charge on any atom is 0.306 e. The van der Waals surface area contributed by atoms with Crippen LogP contribution in [0.25, 0.3) is 21.5 Å². The van der Waals surface area contributed by atoms with Crippen LogP contribution in [0.5, 0.6) is 23.0 Å². The highest BCUT2D eigenvalue weighted by Crippen LogP contribution is 2.39. The molecule has 0 aromatic heterocycles. The average molecular weight is 1430 g/mol. The molecule has 0 heterocycles. The Morgan fingerprint density at radius 1 is 0.324 bits per heavy atom. The van der Waals surface area contributed by atoms with Gasteiger partial charge in [-0.1, -0.05) is 72.2 Å². The van der Waals surface area contributed by atoms with Gasteiger partial charge in [0.2, 0.25) is 23.6 Å². The molecule has 105 heavy (non-hydrogen) atoms. The smallest absolute Gasteiger partial charge is 0.306 e. The average Bonchev–Trinajstić information content (AvgIpc) is 0.770. The van der Waals surface area contributed by atoms with Crippen molar-refractivity contribution in [3.63, 3.8) is 0 Å². The van der Waals surface area contributed by atoms with Gasteiger partial charge in [0.15, 0.2) is 0 Å². The molecule has 4 amide bonds. The summed E-state index contributed by atoms with van der Waals surface area (Å²) in [5.74, 6) is 5.87. The third-order valence-electron chi connectivity index (χ3n) is 15.4. The number of esters is 4. The van der Waals surface area contributed by atoms with Crippen LogP contribution in [0.1, 0.15) is 84.7 Å². The van der Waals surface area contributed by atoms with Crippen LogP contribution in [0.4, 0.5) is 22.7 Å². The summed E-state index contributed by atoms with van der Waals surface area (Å²) in [7, 11) is 0. The SMILES string of the molecule is C#Cc1cccc(NC(=O)CCC(=O)OCC(O)COc2ccc3ccc(OCC(O)COC(=O)CCC(=O)Nc4cccc(C#C)c4)c(Cc4c(OCC(O)COC(=O)CCC(=O)Nc5cccc(C#C)c5)ccc5ccc(OCC(O)COC(=O)CCC(=O)Nc6cccc(C#C)c6)cc45)c3c2)c1. The van der Waals surface area contributed by atoms with Crippen LogP contribution >= 0.6 is 0 Å². The fourth-order valence-corrected chi connectivity index (χ4v) is 10.2. The van der Waals surface area contributed by atoms with E-state index in [4.69, 9.17) is 63.6 Å². The van der Waals surface area contributed by atoms with Crippen LogP contribution in [0.2, 0.25) is 0 Å². The molecule has 0 radical (unpaired) electrons. The van der Waals surface area contributed by atoms with Crippen LogP contribution < -0.4 is 40.2 Å². The number of amides is 4. The van der Waals surface area contributed by atoms with E-state index in [0.29, 0.717) is 77.7 Å². The second-order valence-electron chi connectivity index (χ2n) is 23.7. The summed E-state index contributed by atoms with van der Waals surface area (Å²) < 4.78 is 46.2. The van der Waals surface area contributed by atoms with Crippen molar-refractivity contribution in [2.24, 2.45) is 0 Å². The molecule has 8 rings (SSSR count). The molecule has 8 N–H and O–H groups in total. The Hall–Kier alpha value is -12.7. The maximum atomic E-state index is 12.9. The number of hydrogen-bond donors (Lipinski definition) is 8. The summed E-state index contributed by atoms with van der Waals surface area (Å²) >= 11 is 0. The van der Waals surface area contributed by atoms with Gasteiger partial charge in [0.1, 0.15) is 100 Å². The lowest BCUT2D eigenvalue weighted by Gasteiger charge is -2.21. The standard InChI is InChI=1S/C81H76N4O20/c1-5-52-13-9-17-58(37-52)82-74(90)29-33-78(94)102-48-62(86)44-98-66-25-21-56-23-27-72(100-46-64(88)50-104-80(96)35-31-76(92)84-60-19-11-15-54(7-3)39-60)70(68(56)41-66)43-71-69-42-67(99-45-63(87)49-103-79(95)34-30-75(91)83-59-18-10-14-53(6-2)38-59)26-22-57(69)24-28-73(71)101-47-65(89)51-105-81(97)36-32-77(93)85-61-20-12-16-55(8-4)40-61/h1-4,9-28,37-42,62-65,86-89H,29-36,43-51H2,(H,82,90)(H,83,91)(H,84,92)(H,85,93). The molecule has 4 unspecified atom stereocenters. The molecule has 8 aromatic carbocycles. The normalized spacial score (nSPS) is 11.8. The Morgan fingerprint density at radius 2 is 0.590 bits per heavy atom. The van der Waals surface area contributed by atoms with Crippen molar-refractivity contribution in [1.29, 1.82) is 0 Å². The first-order chi connectivity index (χ1) is 50.7. The van der Waals surface area contributed by atoms with Gasteiger partial charge in [-0.15, -0.1) is 25.7 Å². The number of ether oxygens (including phenoxy) is 8. The van der Waals surface area contributed by atoms with E-state index in [9.17, 15) is 58.8 Å². The van der Waals surface area contributed by atoms with E-state index in [2.05, 4.69) is 44.9 Å². The molecule has 540 valence electrons. The highest BCUT2D eigenvalue weighted by atomic mass is 16.6. The minimum Gasteiger partial charge on any atom is -0.491 e. The van der Waals surface area contributed by atoms with E-state index < -0.39 is 112 Å². The number of fused-ring (bicyclic) bond motifs is 2. The summed E-state index contributed by atoms with van der Waals surface area (Å²) in [5, 5.41) is 57.5. The summed E-state index contributed by atoms with van der Waals surface area (Å²) in [4.78, 5) is 102. The van der Waals surface area contributed by atoms with Gasteiger partial charge < -0.3 is 79.6 Å². The molecule has 0 saturated carbocycles. The predicted molar refractivity (Wildman–Crippen MR) is 390 cm³/mol. The van der Waals surface area contributed by atoms with Crippen molar-refractivity contribution in [1.82, 2.24) is 0 Å². The second kappa shape index (κ2) is 40.1. The third kappa shape index (κ3) is 26.0. The molecule has 24 heteroatoms. The second-order valence-corrected chi connectivity index (χ2v) is 23.7. The summed E-state index contributed by atoms with van der Waals surface area (Å²) in [6.07, 6.45) is 14.2. The lowest BCUT2D eigenvalue weighted by molar-refractivity contribution is -0.148. The van der Waals surface area contributed by atoms with Crippen LogP contribution in [-0.4, -0.2) is 145 Å². The van der Waals surface area contributed by atoms with Crippen molar-refractivity contribution in [3.8, 4) is 72.4 Å². The fraction of sp³-hybridized carbons (Fsp3) is 0.259. The fourth-order valence-electron chi connectivity index (χ4n) is 10.2. The van der Waals surface area contributed by atoms with Crippen molar-refractivity contribution in [2.45, 2.75) is 82.2 Å². The molecule has 8 aromatic rings. The molecule has 0 aliphatic carbocycles. The molecule has 0 bridgehead atoms. The van der Waals surface area contributed by atoms with Crippen LogP contribution in [0, 0.1) is 49.4 Å². The summed E-state index contributed by atoms with van der Waals surface area (Å²) in [6.45, 7) is -3.63. The Bertz CT molecular complexity index is 4320. The van der Waals surface area contributed by atoms with Gasteiger partial charge in [-0.05, 0) is 131 Å². The molecule has 0 aliphatic heterocycles. The van der Waals surface area contributed by atoms with Gasteiger partial charge in [-0.2, -0.15) is 0 Å². The lowest BCUT2D eigenvalue weighted by atomic mass is 9.93. The topological polar surface area (TPSA) is 339 Å². The number of anilines is 4. The zero-order valence-electron chi connectivity index (χ0n) is 57.0. The quantitative estimate of drug-likeness (QED) is 0.0102. The van der Waals surface area contributed by atoms with Crippen molar-refractivity contribution < 1.29 is 96.7 Å². The summed E-state index contributed by atoms with van der Waals surface area (Å²) in [5.41, 5.74) is 4.88. The first kappa shape index (κ1) is 78.0. The highest BCUT2D eigenvalue weighted by molar-refractivity contribution is 5.96. The number of nitrogens with one attached hydrogen (secondary N) is 4. The van der Waals surface area contributed by atoms with E-state index in [0.717, 1.165) is 0 Å². The summed E-state index contributed by atoms with van der Waals surface area (Å²) in [6, 6.07) is 43.3. The Labute approximate surface area is 605 Å². The van der Waals surface area contributed by atoms with Crippen LogP contribution in [0.15, 0.2) is 158 Å². The number of aliphatic hydroxyl groups excluding tert-OH is 4. The number of carbonyl (C=O) groups is 8. The zero-order valence-corrected chi connectivity index (χ0v) is 57.0. The Morgan fingerprint density at radius 3 is 0.867 bits per heavy atom. The van der Waals surface area contributed by atoms with Crippen LogP contribution in [-0.2, 0) is 63.7 Å². The van der Waals surface area contributed by atoms with E-state index >= 15 is 0 Å². The van der Waals surface area contributed by atoms with Crippen LogP contribution in [0.3, 0.4) is 0 Å². The molecular weight excluding hydrogens is 1350 g/mol. The molecule has 0 aliphatic rings. The van der Waals surface area contributed by atoms with Gasteiger partial charge in [0, 0.05) is 88.2 Å². The van der Waals surface area contributed by atoms with Crippen molar-refractivity contribution in [2.75, 3.05) is 74.1 Å². The van der Waals surface area contributed by atoms with E-state index in [-0.39, 0.29) is 94.0 Å². The van der Waals surface area contributed by atoms with Crippen molar-refractivity contribution in [3.05, 3.63) is 191 Å². The number of benzene rings is 8. The van der Waals surface area contributed by atoms with E-state index in [1.165, 1.54) is 0 Å². The third-order valence-corrected chi connectivity index (χ3v) is 15.4. The van der Waals surface area contributed by atoms with E-state index in [1.54, 1.807) is 158 Å². The molecule has 0 spiro atoms. The van der Waals surface area contributed by atoms with Crippen molar-refractivity contribution >= 4 is 91.8 Å². The first-order valence-electron chi connectivity index (χ1n) is 33.1. The van der Waals surface area contributed by atoms with Gasteiger partial charge in [0.05, 0.1) is 25.7 Å². The maximum absolute atomic E-state index is 12.9. The minimum atomic E-state index is -1.41. The largest absolute Gasteiger partial charge is 0.491 e. The monoisotopic (exact) mass is 1420 g/mol. The molecule has 0 saturated heterocycles. The van der Waals surface area contributed by atoms with Gasteiger partial charge in [-0.25, -0.2) is 0 Å². The zero-order chi connectivity index (χ0) is 75.0. The molecule has 24 nitrogen and oxygen atoms in total. The van der Waals surface area contributed by atoms with Gasteiger partial charge in [0.25, 0.3) is 0 Å². The van der Waals surface area contributed by atoms with E-state index in [1.807, 2.05) is 0 Å². The van der Waals surface area contributed by atoms with Gasteiger partial charge in [-0.3, -0.25) is 38.4 Å². The number of rotatable bonds is 38. The number of aliphatic hydroxyl groups is 4. The predicted octanol–water partition coefficient (Wildman–Crippen LogP) is 8.32. The number of terminal acetylenes is 4. The number of carbonyl (C=O) groups excluding carboxylic acids is 8. The Balaban J connectivity index is 1.00. The first-order valence-corrected chi connectivity index (χ1v) is 33.1.